The summed E-state index contributed by atoms with van der Waals surface area (Å²) in [6.45, 7) is 2.46. The van der Waals surface area contributed by atoms with E-state index in [1.807, 2.05) is 6.92 Å². The summed E-state index contributed by atoms with van der Waals surface area (Å²) in [6, 6.07) is 5.09. The third kappa shape index (κ3) is 5.86. The number of methoxy groups -OCH3 is 1. The largest absolute Gasteiger partial charge is 0.493 e. The molecule has 9 heteroatoms. The van der Waals surface area contributed by atoms with Gasteiger partial charge in [0.25, 0.3) is 5.91 Å². The molecule has 0 aliphatic heterocycles. The van der Waals surface area contributed by atoms with Crippen molar-refractivity contribution < 1.29 is 19.1 Å². The number of thiocarbonyl (C=S) groups is 1. The van der Waals surface area contributed by atoms with Crippen LogP contribution in [0.1, 0.15) is 23.7 Å². The van der Waals surface area contributed by atoms with Crippen LogP contribution in [-0.2, 0) is 4.74 Å². The number of amides is 2. The van der Waals surface area contributed by atoms with Crippen LogP contribution < -0.4 is 20.9 Å². The maximum Gasteiger partial charge on any atom is 0.425 e. The van der Waals surface area contributed by atoms with Gasteiger partial charge in [-0.25, -0.2) is 10.2 Å². The highest BCUT2D eigenvalue weighted by atomic mass is 79.9. The normalized spacial score (nSPS) is 9.59. The van der Waals surface area contributed by atoms with E-state index in [0.29, 0.717) is 17.9 Å². The second-order valence-electron chi connectivity index (χ2n) is 4.01. The average Bonchev–Trinajstić information content (AvgIpc) is 2.51. The number of rotatable bonds is 4. The molecular formula is C13H16BrN3O4S. The third-order valence-electron chi connectivity index (χ3n) is 2.34. The van der Waals surface area contributed by atoms with Crippen molar-refractivity contribution in [3.63, 3.8) is 0 Å². The Morgan fingerprint density at radius 1 is 1.32 bits per heavy atom. The SMILES string of the molecule is CCCOc1ccc(Br)cc1C(=O)NC(=S)NNC(=O)OC. The molecule has 0 aliphatic carbocycles. The first kappa shape index (κ1) is 18.2. The van der Waals surface area contributed by atoms with E-state index in [2.05, 4.69) is 36.8 Å². The lowest BCUT2D eigenvalue weighted by molar-refractivity contribution is 0.0971. The molecule has 0 atom stereocenters. The minimum absolute atomic E-state index is 0.0724. The highest BCUT2D eigenvalue weighted by Gasteiger charge is 2.15. The van der Waals surface area contributed by atoms with Gasteiger partial charge in [-0.3, -0.25) is 15.5 Å². The molecule has 0 unspecified atom stereocenters. The standard InChI is InChI=1S/C13H16BrN3O4S/c1-3-6-21-10-5-4-8(14)7-9(10)11(18)15-12(22)16-17-13(19)20-2/h4-5,7H,3,6H2,1-2H3,(H,17,19)(H2,15,16,18,22). The fraction of sp³-hybridized carbons (Fsp3) is 0.308. The van der Waals surface area contributed by atoms with Crippen molar-refractivity contribution in [1.82, 2.24) is 16.2 Å². The molecule has 2 amide bonds. The van der Waals surface area contributed by atoms with E-state index in [0.717, 1.165) is 10.9 Å². The Morgan fingerprint density at radius 3 is 2.68 bits per heavy atom. The second kappa shape index (κ2) is 9.21. The van der Waals surface area contributed by atoms with Crippen molar-refractivity contribution in [3.05, 3.63) is 28.2 Å². The van der Waals surface area contributed by atoms with Crippen LogP contribution in [-0.4, -0.2) is 30.8 Å². The van der Waals surface area contributed by atoms with Gasteiger partial charge in [-0.2, -0.15) is 0 Å². The van der Waals surface area contributed by atoms with Gasteiger partial charge >= 0.3 is 6.09 Å². The molecule has 0 aliphatic rings. The predicted octanol–water partition coefficient (Wildman–Crippen LogP) is 2.11. The quantitative estimate of drug-likeness (QED) is 0.539. The summed E-state index contributed by atoms with van der Waals surface area (Å²) >= 11 is 8.19. The van der Waals surface area contributed by atoms with Crippen LogP contribution in [0.2, 0.25) is 0 Å². The van der Waals surface area contributed by atoms with Crippen LogP contribution in [0.3, 0.4) is 0 Å². The fourth-order valence-corrected chi connectivity index (χ4v) is 1.88. The summed E-state index contributed by atoms with van der Waals surface area (Å²) in [7, 11) is 1.21. The Labute approximate surface area is 141 Å². The van der Waals surface area contributed by atoms with E-state index >= 15 is 0 Å². The van der Waals surface area contributed by atoms with E-state index < -0.39 is 12.0 Å². The number of halogens is 1. The molecule has 1 aromatic carbocycles. The molecule has 0 bridgehead atoms. The minimum atomic E-state index is -0.731. The Kier molecular flexibility index (Phi) is 7.61. The van der Waals surface area contributed by atoms with Crippen molar-refractivity contribution >= 4 is 45.3 Å². The van der Waals surface area contributed by atoms with E-state index in [1.54, 1.807) is 18.2 Å². The molecule has 120 valence electrons. The molecule has 3 N–H and O–H groups in total. The van der Waals surface area contributed by atoms with E-state index in [1.165, 1.54) is 7.11 Å². The number of nitrogens with one attached hydrogen (secondary N) is 3. The summed E-state index contributed by atoms with van der Waals surface area (Å²) in [5, 5.41) is 2.36. The number of hydrazine groups is 1. The maximum atomic E-state index is 12.2. The minimum Gasteiger partial charge on any atom is -0.493 e. The molecule has 0 saturated carbocycles. The van der Waals surface area contributed by atoms with Gasteiger partial charge in [0.15, 0.2) is 5.11 Å². The van der Waals surface area contributed by atoms with Gasteiger partial charge in [-0.1, -0.05) is 22.9 Å². The topological polar surface area (TPSA) is 88.7 Å². The van der Waals surface area contributed by atoms with Gasteiger partial charge in [0.05, 0.1) is 19.3 Å². The van der Waals surface area contributed by atoms with Crippen molar-refractivity contribution in [2.24, 2.45) is 0 Å². The van der Waals surface area contributed by atoms with Crippen LogP contribution in [0, 0.1) is 0 Å². The van der Waals surface area contributed by atoms with Crippen LogP contribution >= 0.6 is 28.1 Å². The summed E-state index contributed by atoms with van der Waals surface area (Å²) in [5.41, 5.74) is 4.80. The second-order valence-corrected chi connectivity index (χ2v) is 5.34. The molecule has 1 aromatic rings. The van der Waals surface area contributed by atoms with Gasteiger partial charge in [0, 0.05) is 4.47 Å². The van der Waals surface area contributed by atoms with Crippen LogP contribution in [0.15, 0.2) is 22.7 Å². The van der Waals surface area contributed by atoms with Gasteiger partial charge in [-0.15, -0.1) is 0 Å². The summed E-state index contributed by atoms with van der Waals surface area (Å²) in [5.74, 6) is -0.0113. The molecule has 0 radical (unpaired) electrons. The first-order chi connectivity index (χ1) is 10.5. The summed E-state index contributed by atoms with van der Waals surface area (Å²) in [4.78, 5) is 23.1. The summed E-state index contributed by atoms with van der Waals surface area (Å²) < 4.78 is 10.6. The van der Waals surface area contributed by atoms with Crippen LogP contribution in [0.25, 0.3) is 0 Å². The van der Waals surface area contributed by atoms with Gasteiger partial charge in [0.2, 0.25) is 0 Å². The average molecular weight is 390 g/mol. The lowest BCUT2D eigenvalue weighted by Gasteiger charge is -2.13. The van der Waals surface area contributed by atoms with Crippen LogP contribution in [0.5, 0.6) is 5.75 Å². The molecule has 0 saturated heterocycles. The predicted molar refractivity (Wildman–Crippen MR) is 88.7 cm³/mol. The first-order valence-corrected chi connectivity index (χ1v) is 7.55. The molecule has 0 aromatic heterocycles. The summed E-state index contributed by atoms with van der Waals surface area (Å²) in [6.07, 6.45) is 0.0890. The first-order valence-electron chi connectivity index (χ1n) is 6.35. The Morgan fingerprint density at radius 2 is 2.05 bits per heavy atom. The van der Waals surface area contributed by atoms with E-state index in [9.17, 15) is 9.59 Å². The van der Waals surface area contributed by atoms with Gasteiger partial charge in [-0.05, 0) is 36.8 Å². The van der Waals surface area contributed by atoms with Crippen LogP contribution in [0.4, 0.5) is 4.79 Å². The highest BCUT2D eigenvalue weighted by Crippen LogP contribution is 2.23. The zero-order chi connectivity index (χ0) is 16.5. The zero-order valence-electron chi connectivity index (χ0n) is 12.1. The molecule has 0 heterocycles. The zero-order valence-corrected chi connectivity index (χ0v) is 14.5. The van der Waals surface area contributed by atoms with Crippen molar-refractivity contribution in [2.75, 3.05) is 13.7 Å². The number of hydrogen-bond acceptors (Lipinski definition) is 5. The maximum absolute atomic E-state index is 12.2. The number of ether oxygens (including phenoxy) is 2. The molecule has 22 heavy (non-hydrogen) atoms. The van der Waals surface area contributed by atoms with E-state index in [-0.39, 0.29) is 5.11 Å². The molecule has 7 nitrogen and oxygen atoms in total. The van der Waals surface area contributed by atoms with Crippen molar-refractivity contribution in [2.45, 2.75) is 13.3 Å². The number of carbonyl (C=O) groups is 2. The third-order valence-corrected chi connectivity index (χ3v) is 3.04. The fourth-order valence-electron chi connectivity index (χ4n) is 1.38. The van der Waals surface area contributed by atoms with Crippen molar-refractivity contribution in [1.29, 1.82) is 0 Å². The van der Waals surface area contributed by atoms with E-state index in [4.69, 9.17) is 17.0 Å². The lowest BCUT2D eigenvalue weighted by atomic mass is 10.2. The number of benzene rings is 1. The lowest BCUT2D eigenvalue weighted by Crippen LogP contribution is -2.48. The Balaban J connectivity index is 2.73. The van der Waals surface area contributed by atoms with Gasteiger partial charge in [0.1, 0.15) is 5.75 Å². The monoisotopic (exact) mass is 389 g/mol. The molecule has 0 spiro atoms. The number of carbonyl (C=O) groups excluding carboxylic acids is 2. The smallest absolute Gasteiger partial charge is 0.425 e. The highest BCUT2D eigenvalue weighted by molar-refractivity contribution is 9.10. The van der Waals surface area contributed by atoms with Gasteiger partial charge < -0.3 is 9.47 Å². The molecular weight excluding hydrogens is 374 g/mol. The van der Waals surface area contributed by atoms with Crippen molar-refractivity contribution in [3.8, 4) is 5.75 Å². The molecule has 1 rings (SSSR count). The number of hydrogen-bond donors (Lipinski definition) is 3. The molecule has 0 fully saturated rings. The Hall–Kier alpha value is -1.87. The Bertz CT molecular complexity index is 568.